The summed E-state index contributed by atoms with van der Waals surface area (Å²) in [6.45, 7) is 0. The molecule has 0 radical (unpaired) electrons. The van der Waals surface area contributed by atoms with Crippen molar-refractivity contribution in [3.8, 4) is 0 Å². The summed E-state index contributed by atoms with van der Waals surface area (Å²) in [6, 6.07) is 7.64. The Labute approximate surface area is 121 Å². The number of carbonyl (C=O) groups is 1. The number of benzene rings is 1. The van der Waals surface area contributed by atoms with Gasteiger partial charge in [-0.25, -0.2) is 4.98 Å². The normalized spacial score (nSPS) is 11.2. The van der Waals surface area contributed by atoms with Crippen molar-refractivity contribution in [1.29, 1.82) is 0 Å². The summed E-state index contributed by atoms with van der Waals surface area (Å²) < 4.78 is 38.8. The number of carbonyl (C=O) groups excluding carboxylic acids is 1. The number of rotatable bonds is 2. The van der Waals surface area contributed by atoms with Gasteiger partial charge in [-0.05, 0) is 40.2 Å². The molecule has 0 unspecified atom stereocenters. The number of halogens is 4. The number of hydrogen-bond acceptors (Lipinski definition) is 2. The summed E-state index contributed by atoms with van der Waals surface area (Å²) in [5, 5.41) is 2.25. The minimum absolute atomic E-state index is 0.212. The zero-order chi connectivity index (χ0) is 14.8. The molecule has 0 fully saturated rings. The topological polar surface area (TPSA) is 42.0 Å². The van der Waals surface area contributed by atoms with E-state index in [-0.39, 0.29) is 11.3 Å². The summed E-state index contributed by atoms with van der Waals surface area (Å²) in [5.74, 6) is -0.634. The molecular weight excluding hydrogens is 337 g/mol. The third-order valence-corrected chi connectivity index (χ3v) is 2.90. The molecule has 2 rings (SSSR count). The second kappa shape index (κ2) is 5.62. The van der Waals surface area contributed by atoms with Crippen LogP contribution in [-0.4, -0.2) is 10.9 Å². The van der Waals surface area contributed by atoms with Crippen LogP contribution in [0.3, 0.4) is 0 Å². The van der Waals surface area contributed by atoms with Gasteiger partial charge in [0.15, 0.2) is 0 Å². The minimum atomic E-state index is -4.53. The standard InChI is InChI=1S/C13H8BrF3N2O/c14-11-7-8(5-6-18-11)12(20)19-10-4-2-1-3-9(10)13(15,16)17/h1-7H,(H,19,20). The van der Waals surface area contributed by atoms with E-state index in [2.05, 4.69) is 26.2 Å². The van der Waals surface area contributed by atoms with E-state index in [1.54, 1.807) is 0 Å². The Bertz CT molecular complexity index is 644. The van der Waals surface area contributed by atoms with Gasteiger partial charge in [0.2, 0.25) is 0 Å². The monoisotopic (exact) mass is 344 g/mol. The van der Waals surface area contributed by atoms with Crippen LogP contribution < -0.4 is 5.32 Å². The molecule has 1 heterocycles. The minimum Gasteiger partial charge on any atom is -0.321 e. The highest BCUT2D eigenvalue weighted by atomic mass is 79.9. The average molecular weight is 345 g/mol. The number of anilines is 1. The van der Waals surface area contributed by atoms with Crippen molar-refractivity contribution >= 4 is 27.5 Å². The van der Waals surface area contributed by atoms with Crippen molar-refractivity contribution in [2.24, 2.45) is 0 Å². The van der Waals surface area contributed by atoms with E-state index in [1.165, 1.54) is 36.5 Å². The summed E-state index contributed by atoms with van der Waals surface area (Å²) in [4.78, 5) is 15.8. The molecule has 1 N–H and O–H groups in total. The quantitative estimate of drug-likeness (QED) is 0.833. The SMILES string of the molecule is O=C(Nc1ccccc1C(F)(F)F)c1ccnc(Br)c1. The van der Waals surface area contributed by atoms with E-state index < -0.39 is 17.6 Å². The molecule has 20 heavy (non-hydrogen) atoms. The van der Waals surface area contributed by atoms with E-state index in [1.807, 2.05) is 0 Å². The Morgan fingerprint density at radius 3 is 2.55 bits per heavy atom. The van der Waals surface area contributed by atoms with Gasteiger partial charge < -0.3 is 5.32 Å². The number of alkyl halides is 3. The highest BCUT2D eigenvalue weighted by Crippen LogP contribution is 2.34. The number of pyridine rings is 1. The van der Waals surface area contributed by atoms with Crippen molar-refractivity contribution in [3.63, 3.8) is 0 Å². The van der Waals surface area contributed by atoms with Gasteiger partial charge in [-0.1, -0.05) is 12.1 Å². The third kappa shape index (κ3) is 3.36. The molecule has 0 spiro atoms. The smallest absolute Gasteiger partial charge is 0.321 e. The first-order valence-corrected chi connectivity index (χ1v) is 6.26. The molecule has 1 aromatic heterocycles. The summed E-state index contributed by atoms with van der Waals surface area (Å²) in [5.41, 5.74) is -0.955. The molecule has 0 saturated heterocycles. The maximum absolute atomic E-state index is 12.8. The van der Waals surface area contributed by atoms with Crippen molar-refractivity contribution in [3.05, 3.63) is 58.3 Å². The Hall–Kier alpha value is -1.89. The van der Waals surface area contributed by atoms with Gasteiger partial charge in [0.1, 0.15) is 4.60 Å². The Kier molecular flexibility index (Phi) is 4.08. The molecule has 0 atom stereocenters. The van der Waals surface area contributed by atoms with Crippen molar-refractivity contribution < 1.29 is 18.0 Å². The number of nitrogens with zero attached hydrogens (tertiary/aromatic N) is 1. The molecule has 0 bridgehead atoms. The second-order valence-electron chi connectivity index (χ2n) is 3.86. The van der Waals surface area contributed by atoms with Gasteiger partial charge in [0.05, 0.1) is 11.3 Å². The highest BCUT2D eigenvalue weighted by molar-refractivity contribution is 9.10. The van der Waals surface area contributed by atoms with Gasteiger partial charge >= 0.3 is 6.18 Å². The van der Waals surface area contributed by atoms with Crippen LogP contribution in [0.2, 0.25) is 0 Å². The summed E-state index contributed by atoms with van der Waals surface area (Å²) >= 11 is 3.09. The average Bonchev–Trinajstić information content (AvgIpc) is 2.38. The molecule has 1 amide bonds. The fourth-order valence-electron chi connectivity index (χ4n) is 1.58. The van der Waals surface area contributed by atoms with Crippen LogP contribution in [0.4, 0.5) is 18.9 Å². The van der Waals surface area contributed by atoms with E-state index in [0.717, 1.165) is 6.07 Å². The van der Waals surface area contributed by atoms with Gasteiger partial charge in [0, 0.05) is 11.8 Å². The van der Waals surface area contributed by atoms with Crippen molar-refractivity contribution in [1.82, 2.24) is 4.98 Å². The molecular formula is C13H8BrF3N2O. The van der Waals surface area contributed by atoms with E-state index in [9.17, 15) is 18.0 Å². The first kappa shape index (κ1) is 14.5. The maximum atomic E-state index is 12.8. The number of aromatic nitrogens is 1. The van der Waals surface area contributed by atoms with Gasteiger partial charge in [-0.2, -0.15) is 13.2 Å². The Balaban J connectivity index is 2.29. The first-order valence-electron chi connectivity index (χ1n) is 5.47. The summed E-state index contributed by atoms with van der Waals surface area (Å²) in [7, 11) is 0. The first-order chi connectivity index (χ1) is 9.38. The predicted molar refractivity (Wildman–Crippen MR) is 71.3 cm³/mol. The van der Waals surface area contributed by atoms with E-state index >= 15 is 0 Å². The fraction of sp³-hybridized carbons (Fsp3) is 0.0769. The summed E-state index contributed by atoms with van der Waals surface area (Å²) in [6.07, 6.45) is -3.14. The third-order valence-electron chi connectivity index (χ3n) is 2.47. The zero-order valence-corrected chi connectivity index (χ0v) is 11.5. The molecule has 0 aliphatic heterocycles. The predicted octanol–water partition coefficient (Wildman–Crippen LogP) is 4.12. The number of amides is 1. The maximum Gasteiger partial charge on any atom is 0.418 e. The fourth-order valence-corrected chi connectivity index (χ4v) is 1.94. The van der Waals surface area contributed by atoms with Crippen LogP contribution in [0.1, 0.15) is 15.9 Å². The van der Waals surface area contributed by atoms with Gasteiger partial charge in [-0.15, -0.1) is 0 Å². The molecule has 1 aromatic carbocycles. The lowest BCUT2D eigenvalue weighted by Gasteiger charge is -2.13. The molecule has 2 aromatic rings. The van der Waals surface area contributed by atoms with Crippen LogP contribution in [0.25, 0.3) is 0 Å². The van der Waals surface area contributed by atoms with Crippen molar-refractivity contribution in [2.75, 3.05) is 5.32 Å². The molecule has 7 heteroatoms. The van der Waals surface area contributed by atoms with Gasteiger partial charge in [0.25, 0.3) is 5.91 Å². The van der Waals surface area contributed by atoms with Crippen LogP contribution >= 0.6 is 15.9 Å². The van der Waals surface area contributed by atoms with E-state index in [4.69, 9.17) is 0 Å². The molecule has 0 aliphatic carbocycles. The van der Waals surface area contributed by atoms with Crippen LogP contribution in [0.5, 0.6) is 0 Å². The van der Waals surface area contributed by atoms with Crippen LogP contribution in [0, 0.1) is 0 Å². The lowest BCUT2D eigenvalue weighted by atomic mass is 10.1. The van der Waals surface area contributed by atoms with E-state index in [0.29, 0.717) is 4.60 Å². The van der Waals surface area contributed by atoms with Crippen LogP contribution in [-0.2, 0) is 6.18 Å². The molecule has 3 nitrogen and oxygen atoms in total. The zero-order valence-electron chi connectivity index (χ0n) is 9.91. The largest absolute Gasteiger partial charge is 0.418 e. The Morgan fingerprint density at radius 1 is 1.20 bits per heavy atom. The Morgan fingerprint density at radius 2 is 1.90 bits per heavy atom. The lowest BCUT2D eigenvalue weighted by Crippen LogP contribution is -2.16. The number of para-hydroxylation sites is 1. The molecule has 0 saturated carbocycles. The van der Waals surface area contributed by atoms with Crippen LogP contribution in [0.15, 0.2) is 47.2 Å². The number of nitrogens with one attached hydrogen (secondary N) is 1. The van der Waals surface area contributed by atoms with Gasteiger partial charge in [-0.3, -0.25) is 4.79 Å². The molecule has 0 aliphatic rings. The number of hydrogen-bond donors (Lipinski definition) is 1. The van der Waals surface area contributed by atoms with Crippen molar-refractivity contribution in [2.45, 2.75) is 6.18 Å². The highest BCUT2D eigenvalue weighted by Gasteiger charge is 2.33. The second-order valence-corrected chi connectivity index (χ2v) is 4.68. The molecule has 104 valence electrons. The lowest BCUT2D eigenvalue weighted by molar-refractivity contribution is -0.136.